The summed E-state index contributed by atoms with van der Waals surface area (Å²) < 4.78 is 0. The summed E-state index contributed by atoms with van der Waals surface area (Å²) in [6.07, 6.45) is 4.74. The Bertz CT molecular complexity index is 352. The van der Waals surface area contributed by atoms with Crippen molar-refractivity contribution in [2.45, 2.75) is 59.1 Å². The molecule has 2 atom stereocenters. The molecule has 1 unspecified atom stereocenters. The van der Waals surface area contributed by atoms with E-state index in [4.69, 9.17) is 0 Å². The molecule has 0 saturated carbocycles. The summed E-state index contributed by atoms with van der Waals surface area (Å²) in [7, 11) is 0. The Labute approximate surface area is 111 Å². The normalized spacial score (nSPS) is 14.3. The zero-order valence-corrected chi connectivity index (χ0v) is 12.1. The third kappa shape index (κ3) is 3.70. The molecule has 1 rings (SSSR count). The highest BCUT2D eigenvalue weighted by Crippen LogP contribution is 2.26. The first-order valence-corrected chi connectivity index (χ1v) is 7.01. The van der Waals surface area contributed by atoms with Crippen LogP contribution in [-0.4, -0.2) is 22.7 Å². The van der Waals surface area contributed by atoms with Gasteiger partial charge in [-0.1, -0.05) is 26.3 Å². The molecule has 0 aliphatic heterocycles. The molecule has 0 bridgehead atoms. The van der Waals surface area contributed by atoms with E-state index in [0.29, 0.717) is 6.04 Å². The van der Waals surface area contributed by atoms with Crippen molar-refractivity contribution in [3.8, 4) is 0 Å². The van der Waals surface area contributed by atoms with Crippen LogP contribution in [0, 0.1) is 0 Å². The summed E-state index contributed by atoms with van der Waals surface area (Å²) in [4.78, 5) is 6.81. The maximum Gasteiger partial charge on any atom is 0.134 e. The minimum atomic E-state index is -0.470. The lowest BCUT2D eigenvalue weighted by Crippen LogP contribution is -2.35. The van der Waals surface area contributed by atoms with Crippen molar-refractivity contribution in [3.63, 3.8) is 0 Å². The summed E-state index contributed by atoms with van der Waals surface area (Å²) in [6, 6.07) is 4.30. The molecule has 1 N–H and O–H groups in total. The van der Waals surface area contributed by atoms with Crippen molar-refractivity contribution in [1.82, 2.24) is 4.98 Å². The molecule has 0 aromatic carbocycles. The largest absolute Gasteiger partial charge is 0.389 e. The Morgan fingerprint density at radius 1 is 1.33 bits per heavy atom. The average molecular weight is 250 g/mol. The second-order valence-electron chi connectivity index (χ2n) is 4.90. The van der Waals surface area contributed by atoms with E-state index in [2.05, 4.69) is 30.7 Å². The molecular weight excluding hydrogens is 224 g/mol. The number of pyridine rings is 1. The number of aliphatic hydroxyl groups excluding tert-OH is 1. The molecule has 0 radical (unpaired) electrons. The number of anilines is 1. The van der Waals surface area contributed by atoms with Gasteiger partial charge in [0, 0.05) is 24.3 Å². The summed E-state index contributed by atoms with van der Waals surface area (Å²) in [5.74, 6) is 0.940. The molecule has 102 valence electrons. The first-order chi connectivity index (χ1) is 8.61. The first kappa shape index (κ1) is 15.0. The summed E-state index contributed by atoms with van der Waals surface area (Å²) >= 11 is 0. The Hall–Kier alpha value is -1.09. The molecule has 3 heteroatoms. The molecule has 1 aromatic rings. The number of unbranched alkanes of at least 4 members (excludes halogenated alkanes) is 1. The van der Waals surface area contributed by atoms with Gasteiger partial charge in [-0.2, -0.15) is 0 Å². The summed E-state index contributed by atoms with van der Waals surface area (Å²) in [6.45, 7) is 9.41. The van der Waals surface area contributed by atoms with E-state index >= 15 is 0 Å². The molecule has 0 fully saturated rings. The van der Waals surface area contributed by atoms with Crippen LogP contribution in [0.5, 0.6) is 0 Å². The van der Waals surface area contributed by atoms with Crippen molar-refractivity contribution in [3.05, 3.63) is 23.9 Å². The monoisotopic (exact) mass is 250 g/mol. The Kier molecular flexibility index (Phi) is 6.13. The van der Waals surface area contributed by atoms with E-state index in [1.165, 1.54) is 6.42 Å². The number of nitrogens with zero attached hydrogens (tertiary/aromatic N) is 2. The highest BCUT2D eigenvalue weighted by Gasteiger charge is 2.18. The molecule has 18 heavy (non-hydrogen) atoms. The van der Waals surface area contributed by atoms with Crippen LogP contribution in [0.3, 0.4) is 0 Å². The number of hydrogen-bond acceptors (Lipinski definition) is 3. The van der Waals surface area contributed by atoms with Gasteiger partial charge in [0.05, 0.1) is 6.10 Å². The van der Waals surface area contributed by atoms with Crippen LogP contribution in [0.2, 0.25) is 0 Å². The van der Waals surface area contributed by atoms with Gasteiger partial charge in [-0.05, 0) is 32.8 Å². The average Bonchev–Trinajstić information content (AvgIpc) is 2.39. The van der Waals surface area contributed by atoms with Crippen molar-refractivity contribution in [1.29, 1.82) is 0 Å². The fraction of sp³-hybridized carbons (Fsp3) is 0.667. The zero-order valence-electron chi connectivity index (χ0n) is 12.1. The quantitative estimate of drug-likeness (QED) is 0.804. The molecule has 1 heterocycles. The number of aliphatic hydroxyl groups is 1. The van der Waals surface area contributed by atoms with Crippen LogP contribution in [0.25, 0.3) is 0 Å². The Morgan fingerprint density at radius 2 is 2.06 bits per heavy atom. The molecular formula is C15H26N2O. The van der Waals surface area contributed by atoms with E-state index in [1.807, 2.05) is 18.3 Å². The fourth-order valence-corrected chi connectivity index (χ4v) is 2.06. The highest BCUT2D eigenvalue weighted by molar-refractivity contribution is 5.48. The number of rotatable bonds is 7. The maximum atomic E-state index is 9.87. The predicted octanol–water partition coefficient (Wildman–Crippen LogP) is 3.54. The lowest BCUT2D eigenvalue weighted by atomic mass is 10.1. The topological polar surface area (TPSA) is 36.4 Å². The summed E-state index contributed by atoms with van der Waals surface area (Å²) in [5, 5.41) is 9.87. The van der Waals surface area contributed by atoms with Crippen LogP contribution in [0.1, 0.15) is 58.6 Å². The van der Waals surface area contributed by atoms with E-state index in [0.717, 1.165) is 30.8 Å². The van der Waals surface area contributed by atoms with Gasteiger partial charge in [-0.25, -0.2) is 4.98 Å². The van der Waals surface area contributed by atoms with Crippen LogP contribution in [0.4, 0.5) is 5.82 Å². The highest BCUT2D eigenvalue weighted by atomic mass is 16.3. The lowest BCUT2D eigenvalue weighted by molar-refractivity contribution is 0.199. The third-order valence-corrected chi connectivity index (χ3v) is 3.41. The molecule has 0 saturated heterocycles. The third-order valence-electron chi connectivity index (χ3n) is 3.41. The van der Waals surface area contributed by atoms with Crippen molar-refractivity contribution >= 4 is 5.82 Å². The van der Waals surface area contributed by atoms with E-state index in [9.17, 15) is 5.11 Å². The van der Waals surface area contributed by atoms with E-state index in [-0.39, 0.29) is 0 Å². The van der Waals surface area contributed by atoms with Crippen molar-refractivity contribution < 1.29 is 5.11 Å². The molecule has 0 aliphatic rings. The number of hydrogen-bond donors (Lipinski definition) is 1. The SMILES string of the molecule is CCCCN(c1ncccc1[C@H](C)O)C(C)CC. The van der Waals surface area contributed by atoms with Gasteiger partial charge in [-0.3, -0.25) is 0 Å². The van der Waals surface area contributed by atoms with Crippen molar-refractivity contribution in [2.75, 3.05) is 11.4 Å². The van der Waals surface area contributed by atoms with Gasteiger partial charge in [-0.15, -0.1) is 0 Å². The molecule has 3 nitrogen and oxygen atoms in total. The second-order valence-corrected chi connectivity index (χ2v) is 4.90. The van der Waals surface area contributed by atoms with Gasteiger partial charge in [0.25, 0.3) is 0 Å². The molecule has 0 spiro atoms. The minimum absolute atomic E-state index is 0.448. The zero-order chi connectivity index (χ0) is 13.5. The van der Waals surface area contributed by atoms with E-state index < -0.39 is 6.10 Å². The Balaban J connectivity index is 3.03. The molecule has 0 aliphatic carbocycles. The summed E-state index contributed by atoms with van der Waals surface area (Å²) in [5.41, 5.74) is 0.925. The van der Waals surface area contributed by atoms with Crippen molar-refractivity contribution in [2.24, 2.45) is 0 Å². The van der Waals surface area contributed by atoms with Gasteiger partial charge in [0.2, 0.25) is 0 Å². The van der Waals surface area contributed by atoms with Gasteiger partial charge in [0.1, 0.15) is 5.82 Å². The molecule has 1 aromatic heterocycles. The van der Waals surface area contributed by atoms with Gasteiger partial charge >= 0.3 is 0 Å². The predicted molar refractivity (Wildman–Crippen MR) is 76.9 cm³/mol. The van der Waals surface area contributed by atoms with Crippen LogP contribution in [0.15, 0.2) is 18.3 Å². The molecule has 0 amide bonds. The smallest absolute Gasteiger partial charge is 0.134 e. The Morgan fingerprint density at radius 3 is 2.61 bits per heavy atom. The maximum absolute atomic E-state index is 9.87. The second kappa shape index (κ2) is 7.37. The van der Waals surface area contributed by atoms with Crippen LogP contribution >= 0.6 is 0 Å². The standard InChI is InChI=1S/C15H26N2O/c1-5-7-11-17(12(3)6-2)15-14(13(4)18)9-8-10-16-15/h8-10,12-13,18H,5-7,11H2,1-4H3/t12?,13-/m0/s1. The number of aromatic nitrogens is 1. The van der Waals surface area contributed by atoms with Crippen LogP contribution in [-0.2, 0) is 0 Å². The lowest BCUT2D eigenvalue weighted by Gasteiger charge is -2.31. The van der Waals surface area contributed by atoms with Gasteiger partial charge < -0.3 is 10.0 Å². The van der Waals surface area contributed by atoms with Gasteiger partial charge in [0.15, 0.2) is 0 Å². The fourth-order valence-electron chi connectivity index (χ4n) is 2.06. The minimum Gasteiger partial charge on any atom is -0.389 e. The van der Waals surface area contributed by atoms with E-state index in [1.54, 1.807) is 6.92 Å². The van der Waals surface area contributed by atoms with Crippen LogP contribution < -0.4 is 4.90 Å². The first-order valence-electron chi connectivity index (χ1n) is 7.01.